The van der Waals surface area contributed by atoms with E-state index in [1.807, 2.05) is 42.6 Å². The molecular formula is C36H33N11. The van der Waals surface area contributed by atoms with Crippen molar-refractivity contribution in [2.75, 3.05) is 24.1 Å². The largest absolute Gasteiger partial charge is 0.383 e. The van der Waals surface area contributed by atoms with Crippen molar-refractivity contribution in [2.45, 2.75) is 44.2 Å². The number of rotatable bonds is 8. The molecule has 5 aromatic heterocycles. The van der Waals surface area contributed by atoms with E-state index >= 15 is 0 Å². The smallest absolute Gasteiger partial charge is 0.234 e. The minimum Gasteiger partial charge on any atom is -0.383 e. The lowest BCUT2D eigenvalue weighted by Crippen LogP contribution is -2.38. The quantitative estimate of drug-likeness (QED) is 0.216. The van der Waals surface area contributed by atoms with Gasteiger partial charge in [-0.2, -0.15) is 5.26 Å². The lowest BCUT2D eigenvalue weighted by atomic mass is 10.0. The Hall–Kier alpha value is -5.73. The van der Waals surface area contributed by atoms with Crippen LogP contribution in [0.1, 0.15) is 48.6 Å². The van der Waals surface area contributed by atoms with Crippen LogP contribution in [0.2, 0.25) is 0 Å². The van der Waals surface area contributed by atoms with Gasteiger partial charge in [0, 0.05) is 50.0 Å². The molecule has 1 saturated carbocycles. The van der Waals surface area contributed by atoms with Crippen LogP contribution in [0.4, 0.5) is 11.6 Å². The summed E-state index contributed by atoms with van der Waals surface area (Å²) >= 11 is 0. The van der Waals surface area contributed by atoms with Crippen LogP contribution in [0.3, 0.4) is 0 Å². The minimum absolute atomic E-state index is 0.183. The first-order chi connectivity index (χ1) is 23.1. The molecule has 0 unspecified atom stereocenters. The third-order valence-corrected chi connectivity index (χ3v) is 8.98. The number of anilines is 2. The molecule has 1 aliphatic carbocycles. The summed E-state index contributed by atoms with van der Waals surface area (Å²) in [6.45, 7) is 2.79. The maximum absolute atomic E-state index is 9.09. The Morgan fingerprint density at radius 1 is 0.830 bits per heavy atom. The molecule has 1 aliphatic heterocycles. The Labute approximate surface area is 272 Å². The first-order valence-corrected chi connectivity index (χ1v) is 16.0. The summed E-state index contributed by atoms with van der Waals surface area (Å²) in [7, 11) is 0. The highest BCUT2D eigenvalue weighted by atomic mass is 15.2. The van der Waals surface area contributed by atoms with Gasteiger partial charge in [0.2, 0.25) is 5.82 Å². The molecule has 1 aromatic carbocycles. The number of benzene rings is 1. The average Bonchev–Trinajstić information content (AvgIpc) is 3.90. The molecule has 2 fully saturated rings. The van der Waals surface area contributed by atoms with Gasteiger partial charge >= 0.3 is 0 Å². The van der Waals surface area contributed by atoms with Gasteiger partial charge in [-0.05, 0) is 91.3 Å². The number of piperidine rings is 1. The minimum atomic E-state index is 0.183. The van der Waals surface area contributed by atoms with Crippen molar-refractivity contribution in [1.29, 1.82) is 5.26 Å². The van der Waals surface area contributed by atoms with Crippen LogP contribution in [-0.4, -0.2) is 58.5 Å². The molecule has 1 saturated heterocycles. The standard InChI is InChI=1S/C36H33N11/c37-20-33-39-17-13-32(45-33)42-26-14-18-46(19-15-26)22-23-3-8-27(9-4-23)47-35(28-2-1-16-40-34(28)38)44-31-12-11-30(43-36(31)47)29-10-7-25(21-41-29)24-5-6-24/h1-4,7-13,16-17,21,24,26H,5-6,14-15,18-19,22H2,(H2,38,40)(H,39,42,45). The van der Waals surface area contributed by atoms with Crippen molar-refractivity contribution >= 4 is 22.8 Å². The molecule has 0 amide bonds. The number of aromatic nitrogens is 7. The van der Waals surface area contributed by atoms with E-state index < -0.39 is 0 Å². The van der Waals surface area contributed by atoms with Crippen molar-refractivity contribution in [3.8, 4) is 34.5 Å². The molecule has 11 nitrogen and oxygen atoms in total. The monoisotopic (exact) mass is 619 g/mol. The second kappa shape index (κ2) is 12.2. The second-order valence-corrected chi connectivity index (χ2v) is 12.2. The molecule has 0 atom stereocenters. The summed E-state index contributed by atoms with van der Waals surface area (Å²) in [5.41, 5.74) is 13.7. The average molecular weight is 620 g/mol. The Morgan fingerprint density at radius 2 is 1.66 bits per heavy atom. The van der Waals surface area contributed by atoms with Crippen molar-refractivity contribution in [3.63, 3.8) is 0 Å². The molecule has 0 bridgehead atoms. The van der Waals surface area contributed by atoms with Gasteiger partial charge in [0.25, 0.3) is 0 Å². The zero-order valence-corrected chi connectivity index (χ0v) is 25.8. The molecule has 0 spiro atoms. The van der Waals surface area contributed by atoms with Gasteiger partial charge in [-0.15, -0.1) is 0 Å². The van der Waals surface area contributed by atoms with Crippen LogP contribution in [0.25, 0.3) is 39.6 Å². The predicted octanol–water partition coefficient (Wildman–Crippen LogP) is 5.74. The van der Waals surface area contributed by atoms with E-state index in [1.165, 1.54) is 24.0 Å². The summed E-state index contributed by atoms with van der Waals surface area (Å²) in [4.78, 5) is 29.8. The number of nitriles is 1. The number of pyridine rings is 3. The SMILES string of the molecule is N#Cc1nccc(NC2CCN(Cc3ccc(-n4c(-c5cccnc5N)nc5ccc(-c6ccc(C7CC7)cn6)nc54)cc3)CC2)n1. The molecule has 2 aliphatic rings. The van der Waals surface area contributed by atoms with Crippen LogP contribution in [0.5, 0.6) is 0 Å². The van der Waals surface area contributed by atoms with Gasteiger partial charge in [0.15, 0.2) is 11.5 Å². The van der Waals surface area contributed by atoms with E-state index in [2.05, 4.69) is 66.1 Å². The Kier molecular flexibility index (Phi) is 7.47. The van der Waals surface area contributed by atoms with Gasteiger partial charge in [0.1, 0.15) is 23.2 Å². The second-order valence-electron chi connectivity index (χ2n) is 12.2. The van der Waals surface area contributed by atoms with E-state index in [0.29, 0.717) is 29.4 Å². The van der Waals surface area contributed by atoms with Gasteiger partial charge in [-0.3, -0.25) is 14.5 Å². The predicted molar refractivity (Wildman–Crippen MR) is 180 cm³/mol. The van der Waals surface area contributed by atoms with E-state index in [-0.39, 0.29) is 5.82 Å². The summed E-state index contributed by atoms with van der Waals surface area (Å²) in [5.74, 6) is 2.65. The maximum Gasteiger partial charge on any atom is 0.234 e. The van der Waals surface area contributed by atoms with Crippen LogP contribution < -0.4 is 11.1 Å². The number of nitrogens with zero attached hydrogens (tertiary/aromatic N) is 9. The first kappa shape index (κ1) is 28.7. The third kappa shape index (κ3) is 5.98. The van der Waals surface area contributed by atoms with Crippen molar-refractivity contribution in [2.24, 2.45) is 0 Å². The van der Waals surface area contributed by atoms with E-state index in [1.54, 1.807) is 12.4 Å². The number of likely N-dealkylation sites (tertiary alicyclic amines) is 1. The van der Waals surface area contributed by atoms with Gasteiger partial charge in [-0.25, -0.2) is 24.9 Å². The van der Waals surface area contributed by atoms with Crippen molar-refractivity contribution in [3.05, 3.63) is 102 Å². The Balaban J connectivity index is 1.04. The molecule has 3 N–H and O–H groups in total. The molecule has 8 rings (SSSR count). The van der Waals surface area contributed by atoms with Crippen molar-refractivity contribution < 1.29 is 0 Å². The van der Waals surface area contributed by atoms with E-state index in [4.69, 9.17) is 25.9 Å². The summed E-state index contributed by atoms with van der Waals surface area (Å²) in [6.07, 6.45) is 9.77. The summed E-state index contributed by atoms with van der Waals surface area (Å²) in [6, 6.07) is 24.8. The number of nitrogen functional groups attached to an aromatic ring is 1. The Bertz CT molecular complexity index is 2090. The number of fused-ring (bicyclic) bond motifs is 1. The highest BCUT2D eigenvalue weighted by molar-refractivity contribution is 5.84. The molecule has 232 valence electrons. The topological polar surface area (TPSA) is 147 Å². The van der Waals surface area contributed by atoms with Gasteiger partial charge in [0.05, 0.1) is 17.0 Å². The fraction of sp³-hybridized carbons (Fsp3) is 0.250. The summed E-state index contributed by atoms with van der Waals surface area (Å²) in [5, 5.41) is 12.6. The molecular weight excluding hydrogens is 586 g/mol. The lowest BCUT2D eigenvalue weighted by Gasteiger charge is -2.32. The molecule has 47 heavy (non-hydrogen) atoms. The van der Waals surface area contributed by atoms with Gasteiger partial charge < -0.3 is 11.1 Å². The number of hydrogen-bond donors (Lipinski definition) is 2. The Morgan fingerprint density at radius 3 is 2.40 bits per heavy atom. The highest BCUT2D eigenvalue weighted by Gasteiger charge is 2.24. The number of nitrogens with one attached hydrogen (secondary N) is 1. The zero-order chi connectivity index (χ0) is 31.7. The molecule has 0 radical (unpaired) electrons. The maximum atomic E-state index is 9.09. The fourth-order valence-electron chi connectivity index (χ4n) is 6.29. The van der Waals surface area contributed by atoms with E-state index in [0.717, 1.165) is 66.3 Å². The van der Waals surface area contributed by atoms with Gasteiger partial charge in [-0.1, -0.05) is 18.2 Å². The van der Waals surface area contributed by atoms with Crippen LogP contribution in [0.15, 0.2) is 85.3 Å². The number of nitrogens with two attached hydrogens (primary N) is 1. The number of hydrogen-bond acceptors (Lipinski definition) is 10. The highest BCUT2D eigenvalue weighted by Crippen LogP contribution is 2.40. The van der Waals surface area contributed by atoms with Crippen LogP contribution in [0, 0.1) is 11.3 Å². The molecule has 6 heterocycles. The summed E-state index contributed by atoms with van der Waals surface area (Å²) < 4.78 is 2.07. The normalized spacial score (nSPS) is 15.5. The van der Waals surface area contributed by atoms with E-state index in [9.17, 15) is 0 Å². The van der Waals surface area contributed by atoms with Crippen LogP contribution in [-0.2, 0) is 6.54 Å². The third-order valence-electron chi connectivity index (χ3n) is 8.98. The fourth-order valence-corrected chi connectivity index (χ4v) is 6.29. The molecule has 6 aromatic rings. The molecule has 11 heteroatoms. The lowest BCUT2D eigenvalue weighted by molar-refractivity contribution is 0.211. The number of imidazole rings is 1. The zero-order valence-electron chi connectivity index (χ0n) is 25.8. The van der Waals surface area contributed by atoms with Crippen LogP contribution >= 0.6 is 0 Å². The van der Waals surface area contributed by atoms with Crippen molar-refractivity contribution in [1.82, 2.24) is 39.4 Å². The first-order valence-electron chi connectivity index (χ1n) is 16.0.